The highest BCUT2D eigenvalue weighted by Gasteiger charge is 2.30. The van der Waals surface area contributed by atoms with E-state index in [4.69, 9.17) is 21.6 Å². The third-order valence-electron chi connectivity index (χ3n) is 6.20. The van der Waals surface area contributed by atoms with Gasteiger partial charge in [0.1, 0.15) is 11.7 Å². The predicted octanol–water partition coefficient (Wildman–Crippen LogP) is 4.23. The lowest BCUT2D eigenvalue weighted by molar-refractivity contribution is 0.108. The standard InChI is InChI=1S/C24H24ClN7O/c1-33-24(25)9-2-4-16(12-24)20-14-28-23-19(8-10-27-23)22(20)29-18-5-3-11-32(15-18)21-7-6-17(13-26)30-31-21/h2,4,6-10,14,18H,3,5,11-12,15H2,1H3,(H2,27,28,29). The van der Waals surface area contributed by atoms with Crippen LogP contribution in [0.2, 0.25) is 0 Å². The molecule has 4 heterocycles. The molecule has 2 N–H and O–H groups in total. The van der Waals surface area contributed by atoms with E-state index in [1.807, 2.05) is 42.7 Å². The molecule has 3 aromatic rings. The van der Waals surface area contributed by atoms with Crippen molar-refractivity contribution in [1.29, 1.82) is 5.26 Å². The lowest BCUT2D eigenvalue weighted by atomic mass is 9.93. The summed E-state index contributed by atoms with van der Waals surface area (Å²) < 4.78 is 5.52. The van der Waals surface area contributed by atoms with E-state index < -0.39 is 5.06 Å². The molecule has 2 aliphatic rings. The van der Waals surface area contributed by atoms with Gasteiger partial charge in [0.2, 0.25) is 0 Å². The molecule has 168 valence electrons. The number of nitrogens with one attached hydrogen (secondary N) is 2. The molecule has 1 fully saturated rings. The minimum absolute atomic E-state index is 0.207. The second kappa shape index (κ2) is 8.85. The van der Waals surface area contributed by atoms with E-state index >= 15 is 0 Å². The molecule has 0 amide bonds. The Balaban J connectivity index is 1.44. The average molecular weight is 462 g/mol. The Bertz CT molecular complexity index is 1260. The number of anilines is 2. The molecular weight excluding hydrogens is 438 g/mol. The number of methoxy groups -OCH3 is 1. The Labute approximate surface area is 196 Å². The molecule has 0 saturated carbocycles. The van der Waals surface area contributed by atoms with E-state index in [-0.39, 0.29) is 6.04 Å². The molecule has 8 nitrogen and oxygen atoms in total. The quantitative estimate of drug-likeness (QED) is 0.548. The summed E-state index contributed by atoms with van der Waals surface area (Å²) in [6.45, 7) is 1.69. The number of alkyl halides is 1. The molecule has 9 heteroatoms. The van der Waals surface area contributed by atoms with Crippen molar-refractivity contribution in [3.05, 3.63) is 60.1 Å². The molecule has 1 saturated heterocycles. The van der Waals surface area contributed by atoms with Crippen molar-refractivity contribution in [2.75, 3.05) is 30.4 Å². The van der Waals surface area contributed by atoms with E-state index in [2.05, 4.69) is 36.5 Å². The molecule has 3 aromatic heterocycles. The molecule has 1 aliphatic carbocycles. The second-order valence-corrected chi connectivity index (χ2v) is 8.96. The summed E-state index contributed by atoms with van der Waals surface area (Å²) in [4.78, 5) is 10.0. The first kappa shape index (κ1) is 21.4. The number of pyridine rings is 1. The van der Waals surface area contributed by atoms with Gasteiger partial charge in [-0.05, 0) is 42.7 Å². The van der Waals surface area contributed by atoms with Gasteiger partial charge in [-0.1, -0.05) is 23.8 Å². The molecule has 0 spiro atoms. The third kappa shape index (κ3) is 4.30. The molecule has 0 bridgehead atoms. The summed E-state index contributed by atoms with van der Waals surface area (Å²) in [5.74, 6) is 0.786. The largest absolute Gasteiger partial charge is 0.379 e. The number of piperidine rings is 1. The normalized spacial score (nSPS) is 22.8. The van der Waals surface area contributed by atoms with Gasteiger partial charge in [-0.15, -0.1) is 10.2 Å². The van der Waals surface area contributed by atoms with Crippen molar-refractivity contribution in [3.63, 3.8) is 0 Å². The number of fused-ring (bicyclic) bond motifs is 1. The molecule has 0 aromatic carbocycles. The fourth-order valence-electron chi connectivity index (χ4n) is 4.48. The highest BCUT2D eigenvalue weighted by atomic mass is 35.5. The summed E-state index contributed by atoms with van der Waals surface area (Å²) in [5, 5.41) is 21.2. The van der Waals surface area contributed by atoms with Gasteiger partial charge in [-0.25, -0.2) is 4.98 Å². The van der Waals surface area contributed by atoms with Gasteiger partial charge in [0.25, 0.3) is 0 Å². The Morgan fingerprint density at radius 2 is 2.24 bits per heavy atom. The van der Waals surface area contributed by atoms with Crippen molar-refractivity contribution < 1.29 is 4.74 Å². The fourth-order valence-corrected chi connectivity index (χ4v) is 4.69. The first-order valence-electron chi connectivity index (χ1n) is 10.9. The maximum Gasteiger partial charge on any atom is 0.164 e. The van der Waals surface area contributed by atoms with Crippen LogP contribution in [0.4, 0.5) is 11.5 Å². The van der Waals surface area contributed by atoms with Crippen LogP contribution in [-0.2, 0) is 4.74 Å². The van der Waals surface area contributed by atoms with Crippen molar-refractivity contribution >= 4 is 39.7 Å². The van der Waals surface area contributed by atoms with Crippen LogP contribution in [0.15, 0.2) is 48.8 Å². The zero-order valence-corrected chi connectivity index (χ0v) is 19.0. The molecule has 33 heavy (non-hydrogen) atoms. The summed E-state index contributed by atoms with van der Waals surface area (Å²) in [5.41, 5.74) is 4.28. The van der Waals surface area contributed by atoms with Crippen LogP contribution in [0, 0.1) is 11.3 Å². The van der Waals surface area contributed by atoms with Gasteiger partial charge in [-0.2, -0.15) is 5.26 Å². The third-order valence-corrected chi connectivity index (χ3v) is 6.62. The van der Waals surface area contributed by atoms with Crippen molar-refractivity contribution in [2.45, 2.75) is 30.4 Å². The van der Waals surface area contributed by atoms with Crippen molar-refractivity contribution in [2.24, 2.45) is 0 Å². The lowest BCUT2D eigenvalue weighted by Gasteiger charge is -2.35. The van der Waals surface area contributed by atoms with Gasteiger partial charge >= 0.3 is 0 Å². The van der Waals surface area contributed by atoms with Gasteiger partial charge in [-0.3, -0.25) is 0 Å². The number of hydrogen-bond donors (Lipinski definition) is 2. The molecule has 0 radical (unpaired) electrons. The SMILES string of the molecule is COC1(Cl)C=CC=C(c2cnc3[nH]ccc3c2NC2CCCN(c3ccc(C#N)nn3)C2)C1. The van der Waals surface area contributed by atoms with Gasteiger partial charge in [0, 0.05) is 56.0 Å². The van der Waals surface area contributed by atoms with Crippen LogP contribution in [0.3, 0.4) is 0 Å². The Hall–Kier alpha value is -3.41. The minimum Gasteiger partial charge on any atom is -0.379 e. The first-order chi connectivity index (χ1) is 16.1. The van der Waals surface area contributed by atoms with E-state index in [1.165, 1.54) is 0 Å². The van der Waals surface area contributed by atoms with Crippen LogP contribution in [0.25, 0.3) is 16.6 Å². The number of aromatic nitrogens is 4. The molecule has 1 aliphatic heterocycles. The number of H-pyrrole nitrogens is 1. The Kier molecular flexibility index (Phi) is 5.75. The summed E-state index contributed by atoms with van der Waals surface area (Å²) >= 11 is 6.62. The molecule has 2 unspecified atom stereocenters. The number of rotatable bonds is 5. The Morgan fingerprint density at radius 1 is 1.33 bits per heavy atom. The lowest BCUT2D eigenvalue weighted by Crippen LogP contribution is -2.42. The van der Waals surface area contributed by atoms with E-state index in [0.717, 1.165) is 59.6 Å². The average Bonchev–Trinajstić information content (AvgIpc) is 3.34. The number of ether oxygens (including phenoxy) is 1. The topological polar surface area (TPSA) is 103 Å². The van der Waals surface area contributed by atoms with E-state index in [9.17, 15) is 0 Å². The summed E-state index contributed by atoms with van der Waals surface area (Å²) in [7, 11) is 1.62. The number of nitrogens with zero attached hydrogens (tertiary/aromatic N) is 5. The van der Waals surface area contributed by atoms with Crippen molar-refractivity contribution in [1.82, 2.24) is 20.2 Å². The maximum absolute atomic E-state index is 8.99. The van der Waals surface area contributed by atoms with E-state index in [1.54, 1.807) is 13.2 Å². The summed E-state index contributed by atoms with van der Waals surface area (Å²) in [6.07, 6.45) is 12.3. The minimum atomic E-state index is -0.857. The van der Waals surface area contributed by atoms with Crippen LogP contribution in [0.1, 0.15) is 30.5 Å². The van der Waals surface area contributed by atoms with E-state index in [0.29, 0.717) is 12.1 Å². The number of allylic oxidation sites excluding steroid dienone is 2. The Morgan fingerprint density at radius 3 is 3.03 bits per heavy atom. The first-order valence-corrected chi connectivity index (χ1v) is 11.3. The van der Waals surface area contributed by atoms with Crippen LogP contribution in [0.5, 0.6) is 0 Å². The fraction of sp³-hybridized carbons (Fsp3) is 0.333. The number of hydrogen-bond acceptors (Lipinski definition) is 7. The smallest absolute Gasteiger partial charge is 0.164 e. The van der Waals surface area contributed by atoms with Gasteiger partial charge in [0.05, 0.1) is 5.69 Å². The maximum atomic E-state index is 8.99. The molecule has 2 atom stereocenters. The predicted molar refractivity (Wildman–Crippen MR) is 129 cm³/mol. The van der Waals surface area contributed by atoms with Crippen LogP contribution >= 0.6 is 11.6 Å². The number of nitriles is 1. The highest BCUT2D eigenvalue weighted by molar-refractivity contribution is 6.25. The summed E-state index contributed by atoms with van der Waals surface area (Å²) in [6, 6.07) is 7.84. The van der Waals surface area contributed by atoms with Crippen LogP contribution in [-0.4, -0.2) is 51.5 Å². The highest BCUT2D eigenvalue weighted by Crippen LogP contribution is 2.40. The molecule has 5 rings (SSSR count). The zero-order valence-electron chi connectivity index (χ0n) is 18.3. The second-order valence-electron chi connectivity index (χ2n) is 8.32. The zero-order chi connectivity index (χ0) is 22.8. The number of aromatic amines is 1. The van der Waals surface area contributed by atoms with Crippen molar-refractivity contribution in [3.8, 4) is 6.07 Å². The van der Waals surface area contributed by atoms with Crippen LogP contribution < -0.4 is 10.2 Å². The van der Waals surface area contributed by atoms with Gasteiger partial charge < -0.3 is 19.9 Å². The number of halogens is 1. The molecular formula is C24H24ClN7O. The van der Waals surface area contributed by atoms with Gasteiger partial charge in [0.15, 0.2) is 16.6 Å². The monoisotopic (exact) mass is 461 g/mol.